The highest BCUT2D eigenvalue weighted by Crippen LogP contribution is 2.15. The van der Waals surface area contributed by atoms with Crippen molar-refractivity contribution >= 4 is 11.7 Å². The lowest BCUT2D eigenvalue weighted by Gasteiger charge is -2.12. The number of nitrogens with one attached hydrogen (secondary N) is 2. The monoisotopic (exact) mass is 249 g/mol. The van der Waals surface area contributed by atoms with Crippen molar-refractivity contribution in [3.8, 4) is 0 Å². The highest BCUT2D eigenvalue weighted by molar-refractivity contribution is 5.89. The zero-order chi connectivity index (χ0) is 13.5. The number of carbonyl (C=O) groups excluding carboxylic acids is 1. The molecule has 0 aliphatic rings. The van der Waals surface area contributed by atoms with Gasteiger partial charge in [-0.05, 0) is 30.5 Å². The molecule has 18 heavy (non-hydrogen) atoms. The highest BCUT2D eigenvalue weighted by Gasteiger charge is 2.05. The maximum Gasteiger partial charge on any atom is 0.319 e. The molecule has 4 N–H and O–H groups in total. The van der Waals surface area contributed by atoms with E-state index in [4.69, 9.17) is 5.73 Å². The summed E-state index contributed by atoms with van der Waals surface area (Å²) in [5, 5.41) is 5.66. The number of benzene rings is 1. The molecule has 0 aliphatic heterocycles. The fourth-order valence-corrected chi connectivity index (χ4v) is 1.49. The summed E-state index contributed by atoms with van der Waals surface area (Å²) in [4.78, 5) is 11.7. The molecule has 0 saturated carbocycles. The van der Waals surface area contributed by atoms with Crippen LogP contribution in [0.2, 0.25) is 0 Å². The Morgan fingerprint density at radius 1 is 1.39 bits per heavy atom. The molecule has 1 aromatic rings. The van der Waals surface area contributed by atoms with E-state index in [-0.39, 0.29) is 12.1 Å². The van der Waals surface area contributed by atoms with Crippen LogP contribution in [-0.2, 0) is 0 Å². The molecule has 2 amide bonds. The van der Waals surface area contributed by atoms with Gasteiger partial charge in [-0.15, -0.1) is 0 Å². The standard InChI is InChI=1S/C14H23N3O/c1-4-10(2)9-16-14(18)17-13-7-5-6-12(8-13)11(3)15/h5-8,10-11H,4,9,15H2,1-3H3,(H2,16,17,18). The second-order valence-electron chi connectivity index (χ2n) is 4.76. The number of nitrogens with two attached hydrogens (primary N) is 1. The van der Waals surface area contributed by atoms with E-state index >= 15 is 0 Å². The molecule has 4 heteroatoms. The summed E-state index contributed by atoms with van der Waals surface area (Å²) in [6.45, 7) is 6.82. The second-order valence-corrected chi connectivity index (χ2v) is 4.76. The minimum absolute atomic E-state index is 0.0325. The third-order valence-corrected chi connectivity index (χ3v) is 2.98. The highest BCUT2D eigenvalue weighted by atomic mass is 16.2. The van der Waals surface area contributed by atoms with Gasteiger partial charge in [0.2, 0.25) is 0 Å². The van der Waals surface area contributed by atoms with E-state index < -0.39 is 0 Å². The fraction of sp³-hybridized carbons (Fsp3) is 0.500. The van der Waals surface area contributed by atoms with Gasteiger partial charge < -0.3 is 16.4 Å². The van der Waals surface area contributed by atoms with Gasteiger partial charge in [-0.2, -0.15) is 0 Å². The average Bonchev–Trinajstić information content (AvgIpc) is 2.36. The Labute approximate surface area is 109 Å². The van der Waals surface area contributed by atoms with Crippen molar-refractivity contribution in [2.45, 2.75) is 33.2 Å². The smallest absolute Gasteiger partial charge is 0.319 e. The summed E-state index contributed by atoms with van der Waals surface area (Å²) < 4.78 is 0. The van der Waals surface area contributed by atoms with E-state index in [1.807, 2.05) is 31.2 Å². The normalized spacial score (nSPS) is 13.8. The first kappa shape index (κ1) is 14.5. The molecule has 0 aliphatic carbocycles. The minimum atomic E-state index is -0.169. The van der Waals surface area contributed by atoms with Crippen LogP contribution in [-0.4, -0.2) is 12.6 Å². The average molecular weight is 249 g/mol. The summed E-state index contributed by atoms with van der Waals surface area (Å²) >= 11 is 0. The summed E-state index contributed by atoms with van der Waals surface area (Å²) in [5.74, 6) is 0.492. The molecular formula is C14H23N3O. The third-order valence-electron chi connectivity index (χ3n) is 2.98. The molecule has 2 unspecified atom stereocenters. The number of rotatable bonds is 5. The molecular weight excluding hydrogens is 226 g/mol. The number of amides is 2. The maximum atomic E-state index is 11.7. The summed E-state index contributed by atoms with van der Waals surface area (Å²) in [7, 11) is 0. The summed E-state index contributed by atoms with van der Waals surface area (Å²) in [6.07, 6.45) is 1.06. The first-order valence-electron chi connectivity index (χ1n) is 6.43. The topological polar surface area (TPSA) is 67.2 Å². The minimum Gasteiger partial charge on any atom is -0.338 e. The molecule has 1 aromatic carbocycles. The molecule has 0 aromatic heterocycles. The first-order chi connectivity index (χ1) is 8.52. The van der Waals surface area contributed by atoms with E-state index in [1.54, 1.807) is 0 Å². The van der Waals surface area contributed by atoms with Gasteiger partial charge in [0.1, 0.15) is 0 Å². The van der Waals surface area contributed by atoms with Crippen molar-refractivity contribution in [3.05, 3.63) is 29.8 Å². The van der Waals surface area contributed by atoms with Gasteiger partial charge in [-0.1, -0.05) is 32.4 Å². The van der Waals surface area contributed by atoms with Crippen molar-refractivity contribution in [3.63, 3.8) is 0 Å². The quantitative estimate of drug-likeness (QED) is 0.751. The Kier molecular flexibility index (Phi) is 5.65. The van der Waals surface area contributed by atoms with Crippen molar-refractivity contribution in [2.24, 2.45) is 11.7 Å². The van der Waals surface area contributed by atoms with Gasteiger partial charge in [0, 0.05) is 18.3 Å². The van der Waals surface area contributed by atoms with Crippen LogP contribution >= 0.6 is 0 Å². The molecule has 0 fully saturated rings. The molecule has 0 heterocycles. The van der Waals surface area contributed by atoms with E-state index in [1.165, 1.54) is 0 Å². The Morgan fingerprint density at radius 3 is 2.72 bits per heavy atom. The Morgan fingerprint density at radius 2 is 2.11 bits per heavy atom. The van der Waals surface area contributed by atoms with Crippen LogP contribution < -0.4 is 16.4 Å². The van der Waals surface area contributed by atoms with Crippen LogP contribution in [0.5, 0.6) is 0 Å². The number of hydrogen-bond donors (Lipinski definition) is 3. The van der Waals surface area contributed by atoms with E-state index in [0.717, 1.165) is 17.7 Å². The van der Waals surface area contributed by atoms with Crippen LogP contribution in [0.4, 0.5) is 10.5 Å². The van der Waals surface area contributed by atoms with Crippen LogP contribution in [0.15, 0.2) is 24.3 Å². The van der Waals surface area contributed by atoms with Crippen LogP contribution in [0.3, 0.4) is 0 Å². The molecule has 0 bridgehead atoms. The lowest BCUT2D eigenvalue weighted by Crippen LogP contribution is -2.32. The van der Waals surface area contributed by atoms with E-state index in [0.29, 0.717) is 12.5 Å². The lowest BCUT2D eigenvalue weighted by atomic mass is 10.1. The second kappa shape index (κ2) is 7.01. The van der Waals surface area contributed by atoms with Gasteiger partial charge in [0.25, 0.3) is 0 Å². The zero-order valence-corrected chi connectivity index (χ0v) is 11.4. The molecule has 1 rings (SSSR count). The van der Waals surface area contributed by atoms with Crippen LogP contribution in [0.25, 0.3) is 0 Å². The van der Waals surface area contributed by atoms with Crippen LogP contribution in [0.1, 0.15) is 38.8 Å². The predicted molar refractivity (Wildman–Crippen MR) is 75.5 cm³/mol. The van der Waals surface area contributed by atoms with Gasteiger partial charge in [0.05, 0.1) is 0 Å². The van der Waals surface area contributed by atoms with E-state index in [9.17, 15) is 4.79 Å². The van der Waals surface area contributed by atoms with Gasteiger partial charge in [0.15, 0.2) is 0 Å². The van der Waals surface area contributed by atoms with Gasteiger partial charge in [-0.25, -0.2) is 4.79 Å². The molecule has 0 spiro atoms. The van der Waals surface area contributed by atoms with Crippen molar-refractivity contribution < 1.29 is 4.79 Å². The molecule has 0 saturated heterocycles. The predicted octanol–water partition coefficient (Wildman–Crippen LogP) is 2.87. The Bertz CT molecular complexity index is 390. The number of hydrogen-bond acceptors (Lipinski definition) is 2. The van der Waals surface area contributed by atoms with Crippen molar-refractivity contribution in [1.82, 2.24) is 5.32 Å². The first-order valence-corrected chi connectivity index (χ1v) is 6.43. The zero-order valence-electron chi connectivity index (χ0n) is 11.4. The molecule has 4 nitrogen and oxygen atoms in total. The summed E-state index contributed by atoms with van der Waals surface area (Å²) in [6, 6.07) is 7.39. The Balaban J connectivity index is 2.51. The van der Waals surface area contributed by atoms with Gasteiger partial charge in [-0.3, -0.25) is 0 Å². The molecule has 0 radical (unpaired) electrons. The number of anilines is 1. The van der Waals surface area contributed by atoms with Crippen molar-refractivity contribution in [2.75, 3.05) is 11.9 Å². The fourth-order valence-electron chi connectivity index (χ4n) is 1.49. The summed E-state index contributed by atoms with van der Waals surface area (Å²) in [5.41, 5.74) is 7.58. The molecule has 2 atom stereocenters. The molecule has 100 valence electrons. The number of carbonyl (C=O) groups is 1. The maximum absolute atomic E-state index is 11.7. The van der Waals surface area contributed by atoms with Gasteiger partial charge >= 0.3 is 6.03 Å². The Hall–Kier alpha value is -1.55. The number of urea groups is 1. The van der Waals surface area contributed by atoms with Crippen LogP contribution in [0, 0.1) is 5.92 Å². The third kappa shape index (κ3) is 4.75. The lowest BCUT2D eigenvalue weighted by molar-refractivity contribution is 0.250. The largest absolute Gasteiger partial charge is 0.338 e. The van der Waals surface area contributed by atoms with Crippen molar-refractivity contribution in [1.29, 1.82) is 0 Å². The SMILES string of the molecule is CCC(C)CNC(=O)Nc1cccc(C(C)N)c1. The van der Waals surface area contributed by atoms with E-state index in [2.05, 4.69) is 24.5 Å².